The van der Waals surface area contributed by atoms with E-state index >= 15 is 0 Å². The molecule has 110 valence electrons. The minimum absolute atomic E-state index is 0.118. The Morgan fingerprint density at radius 2 is 1.76 bits per heavy atom. The average Bonchev–Trinajstić information content (AvgIpc) is 2.36. The van der Waals surface area contributed by atoms with E-state index in [1.807, 2.05) is 13.8 Å². The highest BCUT2D eigenvalue weighted by molar-refractivity contribution is 6.35. The first-order valence-electron chi connectivity index (χ1n) is 6.33. The van der Waals surface area contributed by atoms with E-state index in [9.17, 15) is 9.90 Å². The summed E-state index contributed by atoms with van der Waals surface area (Å²) in [7, 11) is 0. The maximum Gasteiger partial charge on any atom is 0.335 e. The molecule has 0 saturated carbocycles. The van der Waals surface area contributed by atoms with Crippen molar-refractivity contribution < 1.29 is 9.90 Å². The Morgan fingerprint density at radius 3 is 2.29 bits per heavy atom. The SMILES string of the molecule is CC(C)c1cc(C(=O)O)cc(Nc2cc(Cl)cc(Cl)c2)n1. The molecule has 2 N–H and O–H groups in total. The smallest absolute Gasteiger partial charge is 0.335 e. The Bertz CT molecular complexity index is 667. The Balaban J connectivity index is 2.40. The molecule has 0 spiro atoms. The number of nitrogens with zero attached hydrogens (tertiary/aromatic N) is 1. The van der Waals surface area contributed by atoms with Crippen molar-refractivity contribution in [2.45, 2.75) is 19.8 Å². The van der Waals surface area contributed by atoms with Crippen LogP contribution in [0.4, 0.5) is 11.5 Å². The highest BCUT2D eigenvalue weighted by Gasteiger charge is 2.11. The van der Waals surface area contributed by atoms with Crippen LogP contribution in [0.15, 0.2) is 30.3 Å². The van der Waals surface area contributed by atoms with Gasteiger partial charge in [0.2, 0.25) is 0 Å². The fraction of sp³-hybridized carbons (Fsp3) is 0.200. The standard InChI is InChI=1S/C15H14Cl2N2O2/c1-8(2)13-3-9(15(20)21)4-14(19-13)18-12-6-10(16)5-11(17)7-12/h3-8H,1-2H3,(H,18,19)(H,20,21). The largest absolute Gasteiger partial charge is 0.478 e. The van der Waals surface area contributed by atoms with Crippen LogP contribution in [0.1, 0.15) is 35.8 Å². The van der Waals surface area contributed by atoms with Crippen molar-refractivity contribution in [2.75, 3.05) is 5.32 Å². The molecule has 0 amide bonds. The lowest BCUT2D eigenvalue weighted by Crippen LogP contribution is -2.04. The Labute approximate surface area is 132 Å². The highest BCUT2D eigenvalue weighted by atomic mass is 35.5. The zero-order valence-electron chi connectivity index (χ0n) is 11.5. The number of halogens is 2. The van der Waals surface area contributed by atoms with Crippen LogP contribution in [0.25, 0.3) is 0 Å². The number of rotatable bonds is 4. The molecule has 6 heteroatoms. The van der Waals surface area contributed by atoms with Gasteiger partial charge in [-0.1, -0.05) is 37.0 Å². The first-order chi connectivity index (χ1) is 9.85. The topological polar surface area (TPSA) is 62.2 Å². The van der Waals surface area contributed by atoms with Crippen LogP contribution in [-0.4, -0.2) is 16.1 Å². The van der Waals surface area contributed by atoms with Gasteiger partial charge < -0.3 is 10.4 Å². The van der Waals surface area contributed by atoms with Crippen LogP contribution < -0.4 is 5.32 Å². The number of pyridine rings is 1. The third-order valence-corrected chi connectivity index (χ3v) is 3.26. The van der Waals surface area contributed by atoms with Crippen molar-refractivity contribution in [3.05, 3.63) is 51.6 Å². The zero-order chi connectivity index (χ0) is 15.6. The number of carboxylic acid groups (broad SMARTS) is 1. The summed E-state index contributed by atoms with van der Waals surface area (Å²) >= 11 is 11.9. The number of benzene rings is 1. The van der Waals surface area contributed by atoms with E-state index in [4.69, 9.17) is 23.2 Å². The number of carbonyl (C=O) groups is 1. The van der Waals surface area contributed by atoms with Gasteiger partial charge in [0.15, 0.2) is 0 Å². The summed E-state index contributed by atoms with van der Waals surface area (Å²) in [5.74, 6) is -0.434. The second-order valence-corrected chi connectivity index (χ2v) is 5.78. The maximum absolute atomic E-state index is 11.2. The minimum atomic E-state index is -0.994. The van der Waals surface area contributed by atoms with Crippen molar-refractivity contribution in [1.82, 2.24) is 4.98 Å². The first kappa shape index (κ1) is 15.6. The second kappa shape index (κ2) is 6.33. The van der Waals surface area contributed by atoms with Crippen molar-refractivity contribution in [1.29, 1.82) is 0 Å². The van der Waals surface area contributed by atoms with Gasteiger partial charge in [-0.05, 0) is 36.2 Å². The number of anilines is 2. The van der Waals surface area contributed by atoms with Gasteiger partial charge >= 0.3 is 5.97 Å². The number of nitrogens with one attached hydrogen (secondary N) is 1. The summed E-state index contributed by atoms with van der Waals surface area (Å²) in [6.07, 6.45) is 0. The summed E-state index contributed by atoms with van der Waals surface area (Å²) in [5.41, 5.74) is 1.53. The van der Waals surface area contributed by atoms with E-state index in [2.05, 4.69) is 10.3 Å². The third kappa shape index (κ3) is 4.09. The molecule has 2 rings (SSSR count). The summed E-state index contributed by atoms with van der Waals surface area (Å²) in [5, 5.41) is 13.2. The van der Waals surface area contributed by atoms with Crippen LogP contribution in [0.3, 0.4) is 0 Å². The van der Waals surface area contributed by atoms with Gasteiger partial charge in [-0.25, -0.2) is 9.78 Å². The summed E-state index contributed by atoms with van der Waals surface area (Å²) < 4.78 is 0. The number of carboxylic acids is 1. The number of aromatic nitrogens is 1. The van der Waals surface area contributed by atoms with E-state index in [0.29, 0.717) is 27.2 Å². The second-order valence-electron chi connectivity index (χ2n) is 4.91. The van der Waals surface area contributed by atoms with Crippen molar-refractivity contribution in [3.8, 4) is 0 Å². The van der Waals surface area contributed by atoms with E-state index in [1.54, 1.807) is 24.3 Å². The fourth-order valence-electron chi connectivity index (χ4n) is 1.81. The quantitative estimate of drug-likeness (QED) is 0.834. The maximum atomic E-state index is 11.2. The predicted octanol–water partition coefficient (Wildman–Crippen LogP) is 4.95. The third-order valence-electron chi connectivity index (χ3n) is 2.82. The highest BCUT2D eigenvalue weighted by Crippen LogP contribution is 2.26. The molecule has 2 aromatic rings. The zero-order valence-corrected chi connectivity index (χ0v) is 13.0. The number of hydrogen-bond acceptors (Lipinski definition) is 3. The van der Waals surface area contributed by atoms with E-state index < -0.39 is 5.97 Å². The van der Waals surface area contributed by atoms with Crippen LogP contribution in [0.2, 0.25) is 10.0 Å². The molecule has 0 saturated heterocycles. The van der Waals surface area contributed by atoms with Gasteiger partial charge in [0.25, 0.3) is 0 Å². The van der Waals surface area contributed by atoms with Crippen LogP contribution >= 0.6 is 23.2 Å². The molecule has 0 atom stereocenters. The molecule has 21 heavy (non-hydrogen) atoms. The first-order valence-corrected chi connectivity index (χ1v) is 7.09. The van der Waals surface area contributed by atoms with Crippen LogP contribution in [0, 0.1) is 0 Å². The van der Waals surface area contributed by atoms with E-state index in [0.717, 1.165) is 0 Å². The molecule has 0 unspecified atom stereocenters. The van der Waals surface area contributed by atoms with Gasteiger partial charge in [-0.2, -0.15) is 0 Å². The predicted molar refractivity (Wildman–Crippen MR) is 85.0 cm³/mol. The number of hydrogen-bond donors (Lipinski definition) is 2. The molecule has 0 fully saturated rings. The molecule has 1 heterocycles. The molecule has 0 aliphatic heterocycles. The lowest BCUT2D eigenvalue weighted by Gasteiger charge is -2.11. The Morgan fingerprint density at radius 1 is 1.14 bits per heavy atom. The van der Waals surface area contributed by atoms with E-state index in [-0.39, 0.29) is 11.5 Å². The molecule has 0 bridgehead atoms. The van der Waals surface area contributed by atoms with E-state index in [1.165, 1.54) is 6.07 Å². The normalized spacial score (nSPS) is 10.7. The molecular formula is C15H14Cl2N2O2. The van der Waals surface area contributed by atoms with Crippen molar-refractivity contribution in [3.63, 3.8) is 0 Å². The minimum Gasteiger partial charge on any atom is -0.478 e. The van der Waals surface area contributed by atoms with Gasteiger partial charge in [-0.15, -0.1) is 0 Å². The van der Waals surface area contributed by atoms with Crippen LogP contribution in [0.5, 0.6) is 0 Å². The van der Waals surface area contributed by atoms with Gasteiger partial charge in [0.05, 0.1) is 5.56 Å². The fourth-order valence-corrected chi connectivity index (χ4v) is 2.34. The summed E-state index contributed by atoms with van der Waals surface area (Å²) in [4.78, 5) is 15.6. The lowest BCUT2D eigenvalue weighted by atomic mass is 10.1. The molecule has 1 aromatic heterocycles. The van der Waals surface area contributed by atoms with Crippen molar-refractivity contribution in [2.24, 2.45) is 0 Å². The molecule has 0 radical (unpaired) electrons. The average molecular weight is 325 g/mol. The van der Waals surface area contributed by atoms with Gasteiger partial charge in [-0.3, -0.25) is 0 Å². The molecule has 4 nitrogen and oxygen atoms in total. The monoisotopic (exact) mass is 324 g/mol. The molecule has 0 aliphatic carbocycles. The van der Waals surface area contributed by atoms with Crippen LogP contribution in [-0.2, 0) is 0 Å². The van der Waals surface area contributed by atoms with Crippen molar-refractivity contribution >= 4 is 40.7 Å². The Hall–Kier alpha value is -1.78. The summed E-state index contributed by atoms with van der Waals surface area (Å²) in [6, 6.07) is 8.05. The molecule has 0 aliphatic rings. The number of aromatic carboxylic acids is 1. The summed E-state index contributed by atoms with van der Waals surface area (Å²) in [6.45, 7) is 3.90. The molecular weight excluding hydrogens is 311 g/mol. The van der Waals surface area contributed by atoms with Gasteiger partial charge in [0, 0.05) is 21.4 Å². The lowest BCUT2D eigenvalue weighted by molar-refractivity contribution is 0.0696. The molecule has 1 aromatic carbocycles. The van der Waals surface area contributed by atoms with Gasteiger partial charge in [0.1, 0.15) is 5.82 Å². The Kier molecular flexibility index (Phi) is 4.70.